The third kappa shape index (κ3) is 1.62. The number of aryl methyl sites for hydroxylation is 1. The van der Waals surface area contributed by atoms with Gasteiger partial charge in [-0.25, -0.2) is 4.39 Å². The monoisotopic (exact) mass is 247 g/mol. The van der Waals surface area contributed by atoms with E-state index in [-0.39, 0.29) is 11.7 Å². The van der Waals surface area contributed by atoms with Crippen molar-refractivity contribution in [3.8, 4) is 11.5 Å². The first-order chi connectivity index (χ1) is 8.60. The normalized spacial score (nSPS) is 17.5. The van der Waals surface area contributed by atoms with Gasteiger partial charge >= 0.3 is 0 Å². The van der Waals surface area contributed by atoms with Crippen molar-refractivity contribution in [2.24, 2.45) is 5.73 Å². The van der Waals surface area contributed by atoms with Crippen LogP contribution in [-0.4, -0.2) is 10.1 Å². The highest BCUT2D eigenvalue weighted by molar-refractivity contribution is 5.55. The average Bonchev–Trinajstić information content (AvgIpc) is 2.79. The van der Waals surface area contributed by atoms with Crippen LogP contribution < -0.4 is 5.73 Å². The van der Waals surface area contributed by atoms with Crippen molar-refractivity contribution in [3.63, 3.8) is 0 Å². The van der Waals surface area contributed by atoms with Crippen molar-refractivity contribution in [1.29, 1.82) is 0 Å². The van der Waals surface area contributed by atoms with E-state index in [1.165, 1.54) is 0 Å². The van der Waals surface area contributed by atoms with E-state index >= 15 is 0 Å². The first-order valence-corrected chi connectivity index (χ1v) is 5.99. The van der Waals surface area contributed by atoms with Crippen LogP contribution in [-0.2, 0) is 5.54 Å². The molecule has 1 aliphatic carbocycles. The first kappa shape index (κ1) is 11.3. The molecule has 0 saturated heterocycles. The molecule has 94 valence electrons. The molecule has 1 heterocycles. The van der Waals surface area contributed by atoms with Gasteiger partial charge in [-0.3, -0.25) is 0 Å². The van der Waals surface area contributed by atoms with Crippen LogP contribution in [0.1, 0.15) is 30.7 Å². The Kier molecular flexibility index (Phi) is 2.45. The quantitative estimate of drug-likeness (QED) is 0.885. The minimum absolute atomic E-state index is 0.197. The third-order valence-corrected chi connectivity index (χ3v) is 3.54. The predicted molar refractivity (Wildman–Crippen MR) is 64.1 cm³/mol. The van der Waals surface area contributed by atoms with Gasteiger partial charge in [0.2, 0.25) is 0 Å². The van der Waals surface area contributed by atoms with E-state index in [0.29, 0.717) is 17.0 Å². The van der Waals surface area contributed by atoms with Gasteiger partial charge in [-0.15, -0.1) is 0 Å². The van der Waals surface area contributed by atoms with Gasteiger partial charge in [-0.05, 0) is 37.8 Å². The fourth-order valence-electron chi connectivity index (χ4n) is 2.13. The smallest absolute Gasteiger partial charge is 0.260 e. The van der Waals surface area contributed by atoms with Crippen LogP contribution in [0.4, 0.5) is 4.39 Å². The third-order valence-electron chi connectivity index (χ3n) is 3.54. The van der Waals surface area contributed by atoms with E-state index in [0.717, 1.165) is 19.3 Å². The molecule has 1 aliphatic rings. The summed E-state index contributed by atoms with van der Waals surface area (Å²) < 4.78 is 19.1. The van der Waals surface area contributed by atoms with Crippen molar-refractivity contribution in [2.75, 3.05) is 0 Å². The molecule has 0 unspecified atom stereocenters. The van der Waals surface area contributed by atoms with Crippen LogP contribution in [0.3, 0.4) is 0 Å². The molecule has 18 heavy (non-hydrogen) atoms. The second-order valence-electron chi connectivity index (χ2n) is 4.87. The molecule has 0 spiro atoms. The van der Waals surface area contributed by atoms with Crippen molar-refractivity contribution >= 4 is 0 Å². The van der Waals surface area contributed by atoms with Crippen LogP contribution in [0.2, 0.25) is 0 Å². The zero-order valence-electron chi connectivity index (χ0n) is 10.1. The number of halogens is 1. The summed E-state index contributed by atoms with van der Waals surface area (Å²) in [6, 6.07) is 5.09. The Hall–Kier alpha value is -1.75. The van der Waals surface area contributed by atoms with Gasteiger partial charge in [0, 0.05) is 0 Å². The fraction of sp³-hybridized carbons (Fsp3) is 0.385. The molecule has 1 aromatic carbocycles. The van der Waals surface area contributed by atoms with Crippen LogP contribution in [0.5, 0.6) is 0 Å². The Balaban J connectivity index is 2.00. The van der Waals surface area contributed by atoms with Gasteiger partial charge in [0.15, 0.2) is 5.82 Å². The van der Waals surface area contributed by atoms with Gasteiger partial charge in [0.25, 0.3) is 5.89 Å². The first-order valence-electron chi connectivity index (χ1n) is 5.99. The summed E-state index contributed by atoms with van der Waals surface area (Å²) in [6.45, 7) is 1.70. The number of rotatable bonds is 2. The number of aromatic nitrogens is 2. The molecule has 2 N–H and O–H groups in total. The van der Waals surface area contributed by atoms with Crippen LogP contribution in [0.15, 0.2) is 22.7 Å². The topological polar surface area (TPSA) is 64.9 Å². The summed E-state index contributed by atoms with van der Waals surface area (Å²) in [5.41, 5.74) is 6.50. The minimum atomic E-state index is -0.484. The number of hydrogen-bond acceptors (Lipinski definition) is 4. The van der Waals surface area contributed by atoms with Gasteiger partial charge in [-0.1, -0.05) is 17.3 Å². The molecule has 0 aliphatic heterocycles. The van der Waals surface area contributed by atoms with Crippen molar-refractivity contribution in [3.05, 3.63) is 35.4 Å². The SMILES string of the molecule is Cc1cccc(-c2nc(C3(N)CCC3)no2)c1F. The van der Waals surface area contributed by atoms with E-state index in [2.05, 4.69) is 10.1 Å². The number of benzene rings is 1. The summed E-state index contributed by atoms with van der Waals surface area (Å²) in [5, 5.41) is 3.88. The lowest BCUT2D eigenvalue weighted by Gasteiger charge is -2.34. The molecule has 0 amide bonds. The lowest BCUT2D eigenvalue weighted by Crippen LogP contribution is -2.44. The maximum absolute atomic E-state index is 13.9. The summed E-state index contributed by atoms with van der Waals surface area (Å²) in [5.74, 6) is 0.347. The summed E-state index contributed by atoms with van der Waals surface area (Å²) in [4.78, 5) is 4.23. The Morgan fingerprint density at radius 1 is 1.39 bits per heavy atom. The largest absolute Gasteiger partial charge is 0.334 e. The van der Waals surface area contributed by atoms with Crippen molar-refractivity contribution in [2.45, 2.75) is 31.7 Å². The maximum Gasteiger partial charge on any atom is 0.260 e. The van der Waals surface area contributed by atoms with Crippen molar-refractivity contribution < 1.29 is 8.91 Å². The molecule has 0 bridgehead atoms. The van der Waals surface area contributed by atoms with Gasteiger partial charge < -0.3 is 10.3 Å². The molecule has 1 aromatic heterocycles. The van der Waals surface area contributed by atoms with E-state index in [1.807, 2.05) is 0 Å². The molecular formula is C13H14FN3O. The molecule has 0 atom stereocenters. The van der Waals surface area contributed by atoms with E-state index in [4.69, 9.17) is 10.3 Å². The highest BCUT2D eigenvalue weighted by atomic mass is 19.1. The van der Waals surface area contributed by atoms with Crippen LogP contribution >= 0.6 is 0 Å². The second kappa shape index (κ2) is 3.88. The summed E-state index contributed by atoms with van der Waals surface area (Å²) >= 11 is 0. The van der Waals surface area contributed by atoms with E-state index in [1.54, 1.807) is 25.1 Å². The van der Waals surface area contributed by atoms with E-state index < -0.39 is 5.54 Å². The molecule has 1 fully saturated rings. The van der Waals surface area contributed by atoms with Gasteiger partial charge in [0.1, 0.15) is 5.82 Å². The van der Waals surface area contributed by atoms with Crippen LogP contribution in [0.25, 0.3) is 11.5 Å². The Labute approximate surface area is 104 Å². The molecule has 3 rings (SSSR count). The van der Waals surface area contributed by atoms with Crippen molar-refractivity contribution in [1.82, 2.24) is 10.1 Å². The number of nitrogens with two attached hydrogens (primary N) is 1. The zero-order valence-corrected chi connectivity index (χ0v) is 10.1. The Bertz CT molecular complexity index is 590. The molecule has 1 saturated carbocycles. The number of hydrogen-bond donors (Lipinski definition) is 1. The molecule has 2 aromatic rings. The number of nitrogens with zero attached hydrogens (tertiary/aromatic N) is 2. The molecule has 5 heteroatoms. The lowest BCUT2D eigenvalue weighted by atomic mass is 9.77. The zero-order chi connectivity index (χ0) is 12.8. The molecular weight excluding hydrogens is 233 g/mol. The second-order valence-corrected chi connectivity index (χ2v) is 4.87. The molecule has 4 nitrogen and oxygen atoms in total. The fourth-order valence-corrected chi connectivity index (χ4v) is 2.13. The highest BCUT2D eigenvalue weighted by Gasteiger charge is 2.39. The van der Waals surface area contributed by atoms with Crippen LogP contribution in [0, 0.1) is 12.7 Å². The van der Waals surface area contributed by atoms with Gasteiger partial charge in [0.05, 0.1) is 11.1 Å². The highest BCUT2D eigenvalue weighted by Crippen LogP contribution is 2.37. The summed E-state index contributed by atoms with van der Waals surface area (Å²) in [7, 11) is 0. The average molecular weight is 247 g/mol. The minimum Gasteiger partial charge on any atom is -0.334 e. The van der Waals surface area contributed by atoms with Gasteiger partial charge in [-0.2, -0.15) is 4.98 Å². The Morgan fingerprint density at radius 2 is 2.17 bits per heavy atom. The predicted octanol–water partition coefficient (Wildman–Crippen LogP) is 2.52. The lowest BCUT2D eigenvalue weighted by molar-refractivity contribution is 0.229. The summed E-state index contributed by atoms with van der Waals surface area (Å²) in [6.07, 6.45) is 2.77. The van der Waals surface area contributed by atoms with E-state index in [9.17, 15) is 4.39 Å². The maximum atomic E-state index is 13.9. The standard InChI is InChI=1S/C13H14FN3O/c1-8-4-2-5-9(10(8)14)11-16-12(17-18-11)13(15)6-3-7-13/h2,4-5H,3,6-7,15H2,1H3. The molecule has 0 radical (unpaired) electrons. The Morgan fingerprint density at radius 3 is 2.83 bits per heavy atom.